The highest BCUT2D eigenvalue weighted by atomic mass is 32.2. The van der Waals surface area contributed by atoms with E-state index < -0.39 is 9.84 Å². The fourth-order valence-corrected chi connectivity index (χ4v) is 12.7. The first-order valence-corrected chi connectivity index (χ1v) is 41.0. The second kappa shape index (κ2) is 52.2. The van der Waals surface area contributed by atoms with E-state index in [0.717, 1.165) is 79.9 Å². The summed E-state index contributed by atoms with van der Waals surface area (Å²) in [6.07, 6.45) is 3.52. The van der Waals surface area contributed by atoms with Crippen LogP contribution in [0.4, 0.5) is 4.79 Å². The molecule has 2 saturated heterocycles. The van der Waals surface area contributed by atoms with Gasteiger partial charge in [0.2, 0.25) is 20.1 Å². The van der Waals surface area contributed by atoms with E-state index in [1.807, 2.05) is 193 Å². The fraction of sp³-hybridized carbons (Fsp3) is 0.337. The number of methoxy groups -OCH3 is 2. The number of esters is 6. The third-order valence-electron chi connectivity index (χ3n) is 15.7. The lowest BCUT2D eigenvalue weighted by Crippen LogP contribution is -2.31. The number of hydrogen-bond donors (Lipinski definition) is 0. The number of thiazole rings is 1. The van der Waals surface area contributed by atoms with Crippen LogP contribution < -0.4 is 9.47 Å². The number of rotatable bonds is 15. The van der Waals surface area contributed by atoms with Gasteiger partial charge in [-0.1, -0.05) is 227 Å². The van der Waals surface area contributed by atoms with Gasteiger partial charge in [-0.2, -0.15) is 0 Å². The average molecular weight is 1660 g/mol. The van der Waals surface area contributed by atoms with E-state index >= 15 is 0 Å². The fourth-order valence-electron chi connectivity index (χ4n) is 10.2. The molecule has 0 saturated carbocycles. The molecule has 22 nitrogen and oxygen atoms in total. The van der Waals surface area contributed by atoms with E-state index in [2.05, 4.69) is 85.6 Å². The first-order chi connectivity index (χ1) is 55.3. The molecule has 9 aromatic rings. The Bertz CT molecular complexity index is 4600. The maximum Gasteiger partial charge on any atom is 0.303 e. The van der Waals surface area contributed by atoms with Crippen molar-refractivity contribution in [1.82, 2.24) is 9.88 Å². The van der Waals surface area contributed by atoms with Gasteiger partial charge in [0.05, 0.1) is 43.4 Å². The second-order valence-electron chi connectivity index (χ2n) is 27.9. The molecule has 0 spiro atoms. The summed E-state index contributed by atoms with van der Waals surface area (Å²) >= 11 is 2.26. The molecular weight excluding hydrogens is 1550 g/mol. The van der Waals surface area contributed by atoms with E-state index in [1.54, 1.807) is 20.3 Å². The van der Waals surface area contributed by atoms with Gasteiger partial charge < -0.3 is 47.4 Å². The number of aromatic nitrogens is 1. The van der Waals surface area contributed by atoms with Gasteiger partial charge in [-0.25, -0.2) is 13.4 Å². The highest BCUT2D eigenvalue weighted by Gasteiger charge is 2.30. The molecule has 1 aromatic heterocycles. The molecule has 2 amide bonds. The molecule has 117 heavy (non-hydrogen) atoms. The largest absolute Gasteiger partial charge is 0.493 e. The summed E-state index contributed by atoms with van der Waals surface area (Å²) < 4.78 is 74.1. The Labute approximate surface area is 698 Å². The lowest BCUT2D eigenvalue weighted by Gasteiger charge is -2.31. The van der Waals surface area contributed by atoms with Crippen LogP contribution in [0.15, 0.2) is 235 Å². The molecule has 2 aliphatic heterocycles. The second-order valence-corrected chi connectivity index (χ2v) is 32.1. The summed E-state index contributed by atoms with van der Waals surface area (Å²) in [5.41, 5.74) is 13.0. The maximum atomic E-state index is 11.2. The number of thioether (sulfide) groups is 1. The minimum atomic E-state index is -3.16. The van der Waals surface area contributed by atoms with Gasteiger partial charge in [-0.3, -0.25) is 43.3 Å². The molecule has 8 aromatic carbocycles. The van der Waals surface area contributed by atoms with Gasteiger partial charge in [0.1, 0.15) is 32.0 Å². The van der Waals surface area contributed by atoms with Crippen LogP contribution in [-0.4, -0.2) is 131 Å². The van der Waals surface area contributed by atoms with Crippen molar-refractivity contribution < 1.29 is 94.1 Å². The maximum absolute atomic E-state index is 11.2. The SMILES string of the molecule is C=CCOC(C)=O.CC(=O)OC(C)(C)C.CC(=O)OC(c1ccccc1)c1ccccc1.CC(=O)OCC1c2ccccc2-c2ccccc21.CC(=O)OCc1ccccc1.CC(C)=C1OCC(C)(C)CO1.CCc1ccccc1.CN1C(=O)CSC1=O.COc1cc(C)c(COC(C)=O)cc1OC.CS(=O)(=O)c1nc2ccccc2s1. The number of fused-ring (bicyclic) bond motifs is 4. The van der Waals surface area contributed by atoms with Gasteiger partial charge in [0.15, 0.2) is 17.6 Å². The monoisotopic (exact) mass is 1660 g/mol. The van der Waals surface area contributed by atoms with E-state index in [9.17, 15) is 46.8 Å². The lowest BCUT2D eigenvalue weighted by molar-refractivity contribution is -0.152. The minimum absolute atomic E-state index is 0.0972. The van der Waals surface area contributed by atoms with Gasteiger partial charge in [0, 0.05) is 71.8 Å². The number of allylic oxidation sites excluding steroid dienone is 1. The van der Waals surface area contributed by atoms with Crippen molar-refractivity contribution in [2.75, 3.05) is 59.7 Å². The van der Waals surface area contributed by atoms with Crippen LogP contribution in [-0.2, 0) is 101 Å². The summed E-state index contributed by atoms with van der Waals surface area (Å²) in [5.74, 6) is 0.877. The number of carbonyl (C=O) groups excluding carboxylic acids is 8. The molecule has 0 unspecified atom stereocenters. The third-order valence-corrected chi connectivity index (χ3v) is 19.3. The van der Waals surface area contributed by atoms with Crippen LogP contribution in [0.1, 0.15) is 153 Å². The Balaban J connectivity index is 0.000000342. The van der Waals surface area contributed by atoms with Crippen LogP contribution >= 0.6 is 23.1 Å². The Morgan fingerprint density at radius 1 is 0.598 bits per heavy atom. The number of amides is 2. The number of aryl methyl sites for hydroxylation is 2. The van der Waals surface area contributed by atoms with E-state index in [4.69, 9.17) is 42.6 Å². The van der Waals surface area contributed by atoms with Gasteiger partial charge >= 0.3 is 35.8 Å². The molecule has 0 radical (unpaired) electrons. The smallest absolute Gasteiger partial charge is 0.303 e. The number of hydrogen-bond acceptors (Lipinski definition) is 23. The molecular formula is C92H112N2O20S3. The molecule has 3 heterocycles. The van der Waals surface area contributed by atoms with E-state index in [0.29, 0.717) is 43.0 Å². The van der Waals surface area contributed by atoms with Crippen molar-refractivity contribution >= 4 is 90.1 Å². The van der Waals surface area contributed by atoms with Crippen LogP contribution in [0.5, 0.6) is 11.5 Å². The highest BCUT2D eigenvalue weighted by molar-refractivity contribution is 8.14. The summed E-state index contributed by atoms with van der Waals surface area (Å²) in [7, 11) is 1.49. The van der Waals surface area contributed by atoms with Crippen molar-refractivity contribution in [1.29, 1.82) is 0 Å². The number of ether oxygens (including phenoxy) is 10. The summed E-state index contributed by atoms with van der Waals surface area (Å²) in [4.78, 5) is 89.5. The molecule has 25 heteroatoms. The number of nitrogens with zero attached hydrogens (tertiary/aromatic N) is 2. The molecule has 3 aliphatic rings. The zero-order valence-electron chi connectivity index (χ0n) is 70.5. The standard InChI is InChI=1S/C16H14O2.C15H14O2.C12H16O4.C9H16O2.C9H10O2.C8H7NO2S2.C8H10.C6H12O2.C5H8O2.C4H5NO2S/c1-11(17)18-10-16-14-8-4-2-6-12(14)13-7-3-5-9-15(13)16;1-12(16)17-15(13-8-4-2-5-9-13)14-10-6-3-7-11-14;1-8-5-11(14-3)12(15-4)6-10(8)7-16-9(2)13;1-7(2)8-10-5-9(3,4)6-11-8;1-8(10)11-7-9-5-3-2-4-6-9;1-13(10,11)8-9-6-4-2-3-5-7(6)12-8;1-2-8-6-4-3-5-7-8;1-5(7)8-6(2,3)4;1-3-4-7-5(2)6;1-5-3(6)2-8-4(5)7/h2-9,16H,10H2,1H3;2-11,15H,1H3;5-6H,7H2,1-4H3;5-6H2,1-4H3;2-6H,7H2,1H3;2-5H,1H3;3-7H,2H2,1H3;1-4H3;3H,1,4H2,2H3;2H2,1H3. The summed E-state index contributed by atoms with van der Waals surface area (Å²) in [5, 5.41) is -0.144. The first-order valence-electron chi connectivity index (χ1n) is 37.3. The van der Waals surface area contributed by atoms with Crippen molar-refractivity contribution in [2.45, 2.75) is 145 Å². The Hall–Kier alpha value is -11.4. The van der Waals surface area contributed by atoms with Gasteiger partial charge in [-0.05, 0) is 128 Å². The van der Waals surface area contributed by atoms with Gasteiger partial charge in [-0.15, -0.1) is 11.3 Å². The third kappa shape index (κ3) is 39.7. The van der Waals surface area contributed by atoms with Crippen LogP contribution in [0.3, 0.4) is 0 Å². The lowest BCUT2D eigenvalue weighted by atomic mass is 9.96. The molecule has 0 N–H and O–H groups in total. The molecule has 1 aliphatic carbocycles. The van der Waals surface area contributed by atoms with Crippen molar-refractivity contribution in [3.63, 3.8) is 0 Å². The Morgan fingerprint density at radius 3 is 1.41 bits per heavy atom. The molecule has 0 atom stereocenters. The minimum Gasteiger partial charge on any atom is -0.493 e. The summed E-state index contributed by atoms with van der Waals surface area (Å²) in [6, 6.07) is 67.2. The van der Waals surface area contributed by atoms with E-state index in [1.165, 1.54) is 100 Å². The zero-order valence-corrected chi connectivity index (χ0v) is 73.0. The zero-order chi connectivity index (χ0) is 87.3. The molecule has 12 rings (SSSR count). The van der Waals surface area contributed by atoms with E-state index in [-0.39, 0.29) is 80.9 Å². The number of imide groups is 1. The van der Waals surface area contributed by atoms with Crippen LogP contribution in [0.2, 0.25) is 0 Å². The normalized spacial score (nSPS) is 12.3. The predicted molar refractivity (Wildman–Crippen MR) is 460 cm³/mol. The van der Waals surface area contributed by atoms with Crippen molar-refractivity contribution in [3.05, 3.63) is 275 Å². The average Bonchev–Trinajstić information content (AvgIpc) is 1.60. The van der Waals surface area contributed by atoms with Gasteiger partial charge in [0.25, 0.3) is 11.2 Å². The number of benzene rings is 8. The first kappa shape index (κ1) is 99.8. The highest BCUT2D eigenvalue weighted by Crippen LogP contribution is 2.44. The van der Waals surface area contributed by atoms with Crippen LogP contribution in [0.25, 0.3) is 21.3 Å². The van der Waals surface area contributed by atoms with Crippen molar-refractivity contribution in [2.24, 2.45) is 5.41 Å². The number of sulfone groups is 1. The molecule has 0 bridgehead atoms. The molecule has 628 valence electrons. The Kier molecular flexibility index (Phi) is 44.5. The Morgan fingerprint density at radius 2 is 1.04 bits per heavy atom. The summed E-state index contributed by atoms with van der Waals surface area (Å²) in [6.45, 7) is 32.5. The van der Waals surface area contributed by atoms with Crippen molar-refractivity contribution in [3.8, 4) is 22.6 Å². The predicted octanol–water partition coefficient (Wildman–Crippen LogP) is 19.2. The van der Waals surface area contributed by atoms with Crippen LogP contribution in [0, 0.1) is 12.3 Å². The topological polar surface area (TPSA) is 279 Å². The quantitative estimate of drug-likeness (QED) is 0.0524. The number of para-hydroxylation sites is 1. The molecule has 2 fully saturated rings. The number of carbonyl (C=O) groups is 8.